The second-order valence-corrected chi connectivity index (χ2v) is 4.75. The van der Waals surface area contributed by atoms with Gasteiger partial charge in [0.25, 0.3) is 0 Å². The molecule has 0 rings (SSSR count). The van der Waals surface area contributed by atoms with Crippen LogP contribution in [0.3, 0.4) is 0 Å². The van der Waals surface area contributed by atoms with Gasteiger partial charge in [-0.05, 0) is 19.3 Å². The van der Waals surface area contributed by atoms with E-state index in [4.69, 9.17) is 4.43 Å². The molecule has 0 amide bonds. The molecule has 2 heteroatoms. The molecule has 0 unspecified atom stereocenters. The zero-order valence-corrected chi connectivity index (χ0v) is 12.6. The van der Waals surface area contributed by atoms with Crippen molar-refractivity contribution in [3.05, 3.63) is 0 Å². The average molecular weight is 216 g/mol. The maximum Gasteiger partial charge on any atom is 0.146 e. The van der Waals surface area contributed by atoms with E-state index in [2.05, 4.69) is 20.8 Å². The predicted octanol–water partition coefficient (Wildman–Crippen LogP) is 3.20. The van der Waals surface area contributed by atoms with E-state index in [9.17, 15) is 0 Å². The molecule has 0 aromatic carbocycles. The number of unbranched alkanes of at least 4 members (excludes halogenated alkanes) is 2. The van der Waals surface area contributed by atoms with E-state index in [-0.39, 0.29) is 5.60 Å². The smallest absolute Gasteiger partial charge is 0.146 e. The second kappa shape index (κ2) is 8.48. The van der Waals surface area contributed by atoms with E-state index in [0.29, 0.717) is 0 Å². The van der Waals surface area contributed by atoms with Gasteiger partial charge < -0.3 is 4.43 Å². The molecule has 0 spiro atoms. The molecule has 0 heterocycles. The number of hydrogen-bond acceptors (Lipinski definition) is 1. The summed E-state index contributed by atoms with van der Waals surface area (Å²) in [6.07, 6.45) is 10.3. The van der Waals surface area contributed by atoms with Gasteiger partial charge in [0, 0.05) is 0 Å². The van der Waals surface area contributed by atoms with Crippen molar-refractivity contribution in [2.45, 2.75) is 77.7 Å². The van der Waals surface area contributed by atoms with E-state index in [1.54, 1.807) is 0 Å². The standard InChI is InChI=1S/C12H28OSi/c1-4-7-8-11-12(13-14,9-5-2)10-6-3/h4-11H2,1-3,14H3. The Kier molecular flexibility index (Phi) is 8.59. The van der Waals surface area contributed by atoms with Crippen molar-refractivity contribution in [3.63, 3.8) is 0 Å². The van der Waals surface area contributed by atoms with Crippen LogP contribution in [0.2, 0.25) is 0 Å². The summed E-state index contributed by atoms with van der Waals surface area (Å²) in [6, 6.07) is 0. The van der Waals surface area contributed by atoms with Crippen LogP contribution in [0.1, 0.15) is 72.1 Å². The van der Waals surface area contributed by atoms with E-state index in [1.165, 1.54) is 51.4 Å². The summed E-state index contributed by atoms with van der Waals surface area (Å²) in [4.78, 5) is 0. The van der Waals surface area contributed by atoms with E-state index in [0.717, 1.165) is 10.5 Å². The molecule has 0 aliphatic carbocycles. The van der Waals surface area contributed by atoms with Crippen LogP contribution in [0.4, 0.5) is 0 Å². The van der Waals surface area contributed by atoms with E-state index < -0.39 is 0 Å². The lowest BCUT2D eigenvalue weighted by Crippen LogP contribution is -2.31. The molecule has 0 saturated heterocycles. The molecule has 0 aliphatic rings. The van der Waals surface area contributed by atoms with Crippen LogP contribution in [-0.4, -0.2) is 16.1 Å². The van der Waals surface area contributed by atoms with Crippen LogP contribution in [-0.2, 0) is 4.43 Å². The van der Waals surface area contributed by atoms with Crippen LogP contribution in [0.25, 0.3) is 0 Å². The molecule has 0 bridgehead atoms. The molecule has 1 nitrogen and oxygen atoms in total. The largest absolute Gasteiger partial charge is 0.422 e. The molecule has 0 aromatic rings. The molecular weight excluding hydrogens is 188 g/mol. The Morgan fingerprint density at radius 1 is 0.857 bits per heavy atom. The van der Waals surface area contributed by atoms with Crippen molar-refractivity contribution in [2.24, 2.45) is 0 Å². The summed E-state index contributed by atoms with van der Waals surface area (Å²) < 4.78 is 5.90. The first kappa shape index (κ1) is 14.2. The zero-order chi connectivity index (χ0) is 10.9. The zero-order valence-electron chi connectivity index (χ0n) is 10.6. The van der Waals surface area contributed by atoms with Gasteiger partial charge in [0.05, 0.1) is 5.60 Å². The molecule has 0 radical (unpaired) electrons. The predicted molar refractivity (Wildman–Crippen MR) is 67.7 cm³/mol. The molecule has 0 N–H and O–H groups in total. The normalized spacial score (nSPS) is 12.2. The minimum Gasteiger partial charge on any atom is -0.422 e. The van der Waals surface area contributed by atoms with E-state index >= 15 is 0 Å². The van der Waals surface area contributed by atoms with Crippen molar-refractivity contribution in [1.29, 1.82) is 0 Å². The lowest BCUT2D eigenvalue weighted by atomic mass is 9.87. The summed E-state index contributed by atoms with van der Waals surface area (Å²) in [6.45, 7) is 6.80. The number of hydrogen-bond donors (Lipinski definition) is 0. The highest BCUT2D eigenvalue weighted by molar-refractivity contribution is 5.98. The third-order valence-corrected chi connectivity index (χ3v) is 3.95. The van der Waals surface area contributed by atoms with Crippen molar-refractivity contribution in [3.8, 4) is 0 Å². The Morgan fingerprint density at radius 2 is 1.43 bits per heavy atom. The van der Waals surface area contributed by atoms with Gasteiger partial charge in [0.2, 0.25) is 0 Å². The molecule has 0 atom stereocenters. The van der Waals surface area contributed by atoms with Crippen LogP contribution >= 0.6 is 0 Å². The summed E-state index contributed by atoms with van der Waals surface area (Å²) in [5.41, 5.74) is 0.255. The fourth-order valence-electron chi connectivity index (χ4n) is 2.29. The van der Waals surface area contributed by atoms with Gasteiger partial charge in [-0.3, -0.25) is 0 Å². The van der Waals surface area contributed by atoms with Crippen molar-refractivity contribution in [2.75, 3.05) is 0 Å². The minimum atomic E-state index is 0.255. The first-order valence-corrected chi connectivity index (χ1v) is 7.11. The van der Waals surface area contributed by atoms with Crippen LogP contribution in [0.5, 0.6) is 0 Å². The Bertz CT molecular complexity index is 119. The van der Waals surface area contributed by atoms with Gasteiger partial charge in [-0.2, -0.15) is 0 Å². The molecule has 0 aromatic heterocycles. The van der Waals surface area contributed by atoms with E-state index in [1.807, 2.05) is 0 Å². The summed E-state index contributed by atoms with van der Waals surface area (Å²) >= 11 is 0. The molecule has 14 heavy (non-hydrogen) atoms. The van der Waals surface area contributed by atoms with Crippen molar-refractivity contribution < 1.29 is 4.43 Å². The molecular formula is C12H28OSi. The Hall–Kier alpha value is 0.177. The number of rotatable bonds is 9. The average Bonchev–Trinajstić information content (AvgIpc) is 2.19. The topological polar surface area (TPSA) is 9.23 Å². The maximum atomic E-state index is 5.90. The molecule has 86 valence electrons. The summed E-state index contributed by atoms with van der Waals surface area (Å²) in [7, 11) is 0.893. The fraction of sp³-hybridized carbons (Fsp3) is 1.00. The van der Waals surface area contributed by atoms with Gasteiger partial charge in [-0.15, -0.1) is 0 Å². The van der Waals surface area contributed by atoms with Crippen molar-refractivity contribution >= 4 is 10.5 Å². The lowest BCUT2D eigenvalue weighted by Gasteiger charge is -2.33. The van der Waals surface area contributed by atoms with Crippen molar-refractivity contribution in [1.82, 2.24) is 0 Å². The molecule has 0 aliphatic heterocycles. The Morgan fingerprint density at radius 3 is 1.79 bits per heavy atom. The van der Waals surface area contributed by atoms with Gasteiger partial charge in [0.15, 0.2) is 0 Å². The first-order chi connectivity index (χ1) is 6.74. The molecule has 0 fully saturated rings. The quantitative estimate of drug-likeness (QED) is 0.425. The third-order valence-electron chi connectivity index (χ3n) is 3.08. The Labute approximate surface area is 93.2 Å². The van der Waals surface area contributed by atoms with Crippen LogP contribution in [0, 0.1) is 0 Å². The van der Waals surface area contributed by atoms with Gasteiger partial charge in [0.1, 0.15) is 10.5 Å². The highest BCUT2D eigenvalue weighted by Crippen LogP contribution is 2.29. The summed E-state index contributed by atoms with van der Waals surface area (Å²) in [5, 5.41) is 0. The second-order valence-electron chi connectivity index (χ2n) is 4.34. The highest BCUT2D eigenvalue weighted by atomic mass is 28.2. The fourth-order valence-corrected chi connectivity index (χ4v) is 2.90. The SMILES string of the molecule is CCCCCC(CCC)(CCC)O[SiH3]. The molecule has 0 saturated carbocycles. The van der Waals surface area contributed by atoms with Crippen LogP contribution in [0.15, 0.2) is 0 Å². The minimum absolute atomic E-state index is 0.255. The Balaban J connectivity index is 4.03. The van der Waals surface area contributed by atoms with Gasteiger partial charge >= 0.3 is 0 Å². The van der Waals surface area contributed by atoms with Gasteiger partial charge in [-0.1, -0.05) is 52.9 Å². The highest BCUT2D eigenvalue weighted by Gasteiger charge is 2.26. The summed E-state index contributed by atoms with van der Waals surface area (Å²) in [5.74, 6) is 0. The monoisotopic (exact) mass is 216 g/mol. The first-order valence-electron chi connectivity index (χ1n) is 6.29. The van der Waals surface area contributed by atoms with Crippen LogP contribution < -0.4 is 0 Å². The maximum absolute atomic E-state index is 5.90. The van der Waals surface area contributed by atoms with Gasteiger partial charge in [-0.25, -0.2) is 0 Å². The lowest BCUT2D eigenvalue weighted by molar-refractivity contribution is 0.0465. The third kappa shape index (κ3) is 5.16.